The second-order valence-electron chi connectivity index (χ2n) is 6.26. The molecule has 2 aliphatic rings. The standard InChI is InChI=1S/C15H25NO3/c1-3-15(4-2)7-8-16(10-15)13(17)11-5-6-12(9-11)14(18)19/h11-12H,3-10H2,1-2H3,(H,18,19)/t11-,12+/m1/s1. The predicted octanol–water partition coefficient (Wildman–Crippen LogP) is 2.53. The van der Waals surface area contributed by atoms with E-state index >= 15 is 0 Å². The average molecular weight is 267 g/mol. The van der Waals surface area contributed by atoms with Crippen molar-refractivity contribution in [2.45, 2.75) is 52.4 Å². The first-order chi connectivity index (χ1) is 9.01. The monoisotopic (exact) mass is 267 g/mol. The molecular formula is C15H25NO3. The molecule has 2 fully saturated rings. The molecule has 0 aromatic carbocycles. The van der Waals surface area contributed by atoms with Crippen LogP contribution in [0.1, 0.15) is 52.4 Å². The lowest BCUT2D eigenvalue weighted by Crippen LogP contribution is -2.35. The van der Waals surface area contributed by atoms with Gasteiger partial charge in [0, 0.05) is 19.0 Å². The van der Waals surface area contributed by atoms with Crippen molar-refractivity contribution in [3.05, 3.63) is 0 Å². The number of hydrogen-bond acceptors (Lipinski definition) is 2. The molecule has 1 saturated carbocycles. The summed E-state index contributed by atoms with van der Waals surface area (Å²) in [6, 6.07) is 0. The van der Waals surface area contributed by atoms with Gasteiger partial charge in [0.15, 0.2) is 0 Å². The number of amides is 1. The van der Waals surface area contributed by atoms with E-state index in [0.29, 0.717) is 18.3 Å². The molecule has 4 heteroatoms. The van der Waals surface area contributed by atoms with Gasteiger partial charge in [-0.05, 0) is 43.9 Å². The average Bonchev–Trinajstić information content (AvgIpc) is 3.05. The summed E-state index contributed by atoms with van der Waals surface area (Å²) in [5.74, 6) is -0.898. The van der Waals surface area contributed by atoms with Crippen LogP contribution in [0.25, 0.3) is 0 Å². The van der Waals surface area contributed by atoms with Gasteiger partial charge in [0.1, 0.15) is 0 Å². The van der Waals surface area contributed by atoms with Gasteiger partial charge in [0.2, 0.25) is 5.91 Å². The van der Waals surface area contributed by atoms with Crippen LogP contribution in [0.2, 0.25) is 0 Å². The Morgan fingerprint density at radius 2 is 1.84 bits per heavy atom. The van der Waals surface area contributed by atoms with Gasteiger partial charge < -0.3 is 10.0 Å². The largest absolute Gasteiger partial charge is 0.481 e. The molecule has 0 aromatic heterocycles. The van der Waals surface area contributed by atoms with Crippen molar-refractivity contribution in [1.29, 1.82) is 0 Å². The van der Waals surface area contributed by atoms with Crippen LogP contribution in [-0.4, -0.2) is 35.0 Å². The zero-order valence-corrected chi connectivity index (χ0v) is 12.0. The van der Waals surface area contributed by atoms with Gasteiger partial charge in [0.05, 0.1) is 5.92 Å². The summed E-state index contributed by atoms with van der Waals surface area (Å²) in [7, 11) is 0. The molecule has 0 spiro atoms. The van der Waals surface area contributed by atoms with Gasteiger partial charge in [-0.2, -0.15) is 0 Å². The fraction of sp³-hybridized carbons (Fsp3) is 0.867. The van der Waals surface area contributed by atoms with Gasteiger partial charge in [-0.1, -0.05) is 13.8 Å². The van der Waals surface area contributed by atoms with E-state index in [1.54, 1.807) is 0 Å². The molecule has 2 atom stereocenters. The van der Waals surface area contributed by atoms with E-state index in [-0.39, 0.29) is 17.7 Å². The number of carbonyl (C=O) groups is 2. The maximum Gasteiger partial charge on any atom is 0.306 e. The first kappa shape index (κ1) is 14.4. The van der Waals surface area contributed by atoms with Crippen molar-refractivity contribution in [1.82, 2.24) is 4.90 Å². The van der Waals surface area contributed by atoms with Crippen LogP contribution in [-0.2, 0) is 9.59 Å². The Balaban J connectivity index is 1.94. The van der Waals surface area contributed by atoms with E-state index < -0.39 is 5.97 Å². The third kappa shape index (κ3) is 2.77. The smallest absolute Gasteiger partial charge is 0.306 e. The molecule has 108 valence electrons. The molecule has 2 rings (SSSR count). The lowest BCUT2D eigenvalue weighted by molar-refractivity contribution is -0.141. The predicted molar refractivity (Wildman–Crippen MR) is 72.7 cm³/mol. The van der Waals surface area contributed by atoms with Crippen molar-refractivity contribution < 1.29 is 14.7 Å². The SMILES string of the molecule is CCC1(CC)CCN(C(=O)[C@@H]2CC[C@H](C(=O)O)C2)C1. The van der Waals surface area contributed by atoms with Crippen LogP contribution >= 0.6 is 0 Å². The van der Waals surface area contributed by atoms with E-state index in [4.69, 9.17) is 5.11 Å². The van der Waals surface area contributed by atoms with Gasteiger partial charge in [-0.3, -0.25) is 9.59 Å². The molecule has 1 aliphatic heterocycles. The summed E-state index contributed by atoms with van der Waals surface area (Å²) in [5.41, 5.74) is 0.306. The fourth-order valence-electron chi connectivity index (χ4n) is 3.64. The molecule has 1 heterocycles. The molecule has 1 aliphatic carbocycles. The molecule has 1 amide bonds. The third-order valence-electron chi connectivity index (χ3n) is 5.38. The van der Waals surface area contributed by atoms with Gasteiger partial charge in [0.25, 0.3) is 0 Å². The minimum Gasteiger partial charge on any atom is -0.481 e. The summed E-state index contributed by atoms with van der Waals surface area (Å²) in [5, 5.41) is 9.01. The number of carboxylic acids is 1. The highest BCUT2D eigenvalue weighted by Gasteiger charge is 2.41. The van der Waals surface area contributed by atoms with Crippen molar-refractivity contribution in [3.8, 4) is 0 Å². The van der Waals surface area contributed by atoms with Crippen LogP contribution in [0.4, 0.5) is 0 Å². The topological polar surface area (TPSA) is 57.6 Å². The van der Waals surface area contributed by atoms with E-state index in [0.717, 1.165) is 38.8 Å². The summed E-state index contributed by atoms with van der Waals surface area (Å²) in [6.45, 7) is 6.13. The van der Waals surface area contributed by atoms with E-state index in [1.165, 1.54) is 0 Å². The Hall–Kier alpha value is -1.06. The maximum absolute atomic E-state index is 12.5. The highest BCUT2D eigenvalue weighted by molar-refractivity contribution is 5.81. The minimum absolute atomic E-state index is 0.0504. The highest BCUT2D eigenvalue weighted by Crippen LogP contribution is 2.39. The number of carboxylic acid groups (broad SMARTS) is 1. The van der Waals surface area contributed by atoms with Crippen molar-refractivity contribution >= 4 is 11.9 Å². The Morgan fingerprint density at radius 1 is 1.21 bits per heavy atom. The summed E-state index contributed by atoms with van der Waals surface area (Å²) < 4.78 is 0. The number of likely N-dealkylation sites (tertiary alicyclic amines) is 1. The first-order valence-electron chi connectivity index (χ1n) is 7.53. The zero-order chi connectivity index (χ0) is 14.0. The van der Waals surface area contributed by atoms with Crippen molar-refractivity contribution in [2.24, 2.45) is 17.3 Å². The number of carbonyl (C=O) groups excluding carboxylic acids is 1. The Labute approximate surface area is 115 Å². The van der Waals surface area contributed by atoms with Crippen LogP contribution in [0.3, 0.4) is 0 Å². The quantitative estimate of drug-likeness (QED) is 0.851. The van der Waals surface area contributed by atoms with Crippen LogP contribution in [0.5, 0.6) is 0 Å². The molecule has 0 aromatic rings. The molecule has 1 saturated heterocycles. The summed E-state index contributed by atoms with van der Waals surface area (Å²) >= 11 is 0. The normalized spacial score (nSPS) is 29.7. The fourth-order valence-corrected chi connectivity index (χ4v) is 3.64. The molecule has 0 bridgehead atoms. The lowest BCUT2D eigenvalue weighted by Gasteiger charge is -2.27. The minimum atomic E-state index is -0.742. The number of nitrogens with zero attached hydrogens (tertiary/aromatic N) is 1. The maximum atomic E-state index is 12.5. The highest BCUT2D eigenvalue weighted by atomic mass is 16.4. The Kier molecular flexibility index (Phi) is 4.16. The Bertz CT molecular complexity index is 362. The molecule has 19 heavy (non-hydrogen) atoms. The number of rotatable bonds is 4. The van der Waals surface area contributed by atoms with E-state index in [9.17, 15) is 9.59 Å². The molecule has 1 N–H and O–H groups in total. The van der Waals surface area contributed by atoms with Crippen molar-refractivity contribution in [2.75, 3.05) is 13.1 Å². The first-order valence-corrected chi connectivity index (χ1v) is 7.53. The van der Waals surface area contributed by atoms with E-state index in [1.807, 2.05) is 4.90 Å². The molecule has 0 radical (unpaired) electrons. The number of hydrogen-bond donors (Lipinski definition) is 1. The second-order valence-corrected chi connectivity index (χ2v) is 6.26. The second kappa shape index (κ2) is 5.51. The zero-order valence-electron chi connectivity index (χ0n) is 12.0. The third-order valence-corrected chi connectivity index (χ3v) is 5.38. The van der Waals surface area contributed by atoms with Gasteiger partial charge >= 0.3 is 5.97 Å². The Morgan fingerprint density at radius 3 is 2.32 bits per heavy atom. The van der Waals surface area contributed by atoms with E-state index in [2.05, 4.69) is 13.8 Å². The number of aliphatic carboxylic acids is 1. The molecule has 4 nitrogen and oxygen atoms in total. The van der Waals surface area contributed by atoms with Gasteiger partial charge in [-0.25, -0.2) is 0 Å². The van der Waals surface area contributed by atoms with Gasteiger partial charge in [-0.15, -0.1) is 0 Å². The van der Waals surface area contributed by atoms with Crippen LogP contribution in [0.15, 0.2) is 0 Å². The summed E-state index contributed by atoms with van der Waals surface area (Å²) in [6.07, 6.45) is 5.28. The van der Waals surface area contributed by atoms with Crippen LogP contribution < -0.4 is 0 Å². The van der Waals surface area contributed by atoms with Crippen molar-refractivity contribution in [3.63, 3.8) is 0 Å². The molecular weight excluding hydrogens is 242 g/mol. The molecule has 0 unspecified atom stereocenters. The lowest BCUT2D eigenvalue weighted by atomic mass is 9.82. The van der Waals surface area contributed by atoms with Crippen LogP contribution in [0, 0.1) is 17.3 Å². The summed E-state index contributed by atoms with van der Waals surface area (Å²) in [4.78, 5) is 25.4.